The van der Waals surface area contributed by atoms with Crippen LogP contribution in [0.1, 0.15) is 12.5 Å². The molecule has 0 radical (unpaired) electrons. The maximum atomic E-state index is 12.1. The second-order valence-electron chi connectivity index (χ2n) is 6.00. The molecule has 2 amide bonds. The van der Waals surface area contributed by atoms with E-state index in [0.29, 0.717) is 39.1 Å². The Morgan fingerprint density at radius 1 is 1.08 bits per heavy atom. The molecule has 0 aliphatic carbocycles. The van der Waals surface area contributed by atoms with E-state index in [2.05, 4.69) is 5.32 Å². The fourth-order valence-corrected chi connectivity index (χ4v) is 3.17. The second kappa shape index (κ2) is 8.41. The molecule has 0 spiro atoms. The molecule has 1 heterocycles. The molecule has 0 aromatic heterocycles. The van der Waals surface area contributed by atoms with Crippen molar-refractivity contribution in [1.29, 1.82) is 0 Å². The number of nitrogens with one attached hydrogen (secondary N) is 1. The van der Waals surface area contributed by atoms with Crippen LogP contribution >= 0.6 is 0 Å². The highest BCUT2D eigenvalue weighted by Crippen LogP contribution is 2.09. The lowest BCUT2D eigenvalue weighted by Crippen LogP contribution is -2.51. The lowest BCUT2D eigenvalue weighted by Gasteiger charge is -2.34. The van der Waals surface area contributed by atoms with Crippen molar-refractivity contribution in [2.24, 2.45) is 5.14 Å². The van der Waals surface area contributed by atoms with Gasteiger partial charge in [0.05, 0.1) is 11.4 Å². The molecule has 8 nitrogen and oxygen atoms in total. The molecule has 1 aromatic rings. The molecule has 1 aliphatic heterocycles. The average molecular weight is 368 g/mol. The van der Waals surface area contributed by atoms with Crippen LogP contribution in [-0.4, -0.2) is 69.3 Å². The third-order valence-corrected chi connectivity index (χ3v) is 5.13. The first-order chi connectivity index (χ1) is 11.8. The summed E-state index contributed by atoms with van der Waals surface area (Å²) in [5, 5.41) is 8.15. The SMILES string of the molecule is CC(=O)N1CCN(C(=O)CNCCc2ccc(S(N)(=O)=O)cc2)CC1. The molecule has 0 unspecified atom stereocenters. The Morgan fingerprint density at radius 3 is 2.16 bits per heavy atom. The van der Waals surface area contributed by atoms with Gasteiger partial charge in [-0.25, -0.2) is 13.6 Å². The van der Waals surface area contributed by atoms with Gasteiger partial charge in [-0.15, -0.1) is 0 Å². The number of benzene rings is 1. The van der Waals surface area contributed by atoms with Crippen molar-refractivity contribution in [3.8, 4) is 0 Å². The average Bonchev–Trinajstić information content (AvgIpc) is 2.58. The molecule has 3 N–H and O–H groups in total. The summed E-state index contributed by atoms with van der Waals surface area (Å²) in [6, 6.07) is 6.38. The lowest BCUT2D eigenvalue weighted by molar-refractivity contribution is -0.137. The number of sulfonamides is 1. The van der Waals surface area contributed by atoms with E-state index in [1.54, 1.807) is 21.9 Å². The van der Waals surface area contributed by atoms with E-state index < -0.39 is 10.0 Å². The summed E-state index contributed by atoms with van der Waals surface area (Å²) >= 11 is 0. The Kier molecular flexibility index (Phi) is 6.51. The molecule has 0 atom stereocenters. The zero-order valence-corrected chi connectivity index (χ0v) is 15.1. The van der Waals surface area contributed by atoms with E-state index in [1.165, 1.54) is 19.1 Å². The Morgan fingerprint density at radius 2 is 1.64 bits per heavy atom. The van der Waals surface area contributed by atoms with Crippen LogP contribution < -0.4 is 10.5 Å². The summed E-state index contributed by atoms with van der Waals surface area (Å²) in [4.78, 5) is 27.0. The van der Waals surface area contributed by atoms with Gasteiger partial charge in [-0.3, -0.25) is 9.59 Å². The number of hydrogen-bond donors (Lipinski definition) is 2. The standard InChI is InChI=1S/C16H24N4O4S/c1-13(21)19-8-10-20(11-9-19)16(22)12-18-7-6-14-2-4-15(5-3-14)25(17,23)24/h2-5,18H,6-12H2,1H3,(H2,17,23,24). The molecule has 1 saturated heterocycles. The molecule has 9 heteroatoms. The Labute approximate surface area is 148 Å². The molecule has 25 heavy (non-hydrogen) atoms. The highest BCUT2D eigenvalue weighted by Gasteiger charge is 2.21. The van der Waals surface area contributed by atoms with Crippen LogP contribution in [0.4, 0.5) is 0 Å². The van der Waals surface area contributed by atoms with Crippen LogP contribution in [0.2, 0.25) is 0 Å². The van der Waals surface area contributed by atoms with Crippen LogP contribution in [0.25, 0.3) is 0 Å². The second-order valence-corrected chi connectivity index (χ2v) is 7.56. The molecule has 138 valence electrons. The first-order valence-corrected chi connectivity index (χ1v) is 9.68. The van der Waals surface area contributed by atoms with Crippen LogP contribution in [0.5, 0.6) is 0 Å². The van der Waals surface area contributed by atoms with Gasteiger partial charge in [0.15, 0.2) is 0 Å². The van der Waals surface area contributed by atoms with Crippen molar-refractivity contribution < 1.29 is 18.0 Å². The summed E-state index contributed by atoms with van der Waals surface area (Å²) in [5.41, 5.74) is 0.961. The van der Waals surface area contributed by atoms with E-state index in [-0.39, 0.29) is 23.3 Å². The van der Waals surface area contributed by atoms with Crippen molar-refractivity contribution in [2.75, 3.05) is 39.3 Å². The molecule has 1 aliphatic rings. The van der Waals surface area contributed by atoms with E-state index in [0.717, 1.165) is 5.56 Å². The minimum Gasteiger partial charge on any atom is -0.339 e. The minimum atomic E-state index is -3.67. The van der Waals surface area contributed by atoms with Gasteiger partial charge >= 0.3 is 0 Å². The fourth-order valence-electron chi connectivity index (χ4n) is 2.66. The Hall–Kier alpha value is -1.97. The van der Waals surface area contributed by atoms with Gasteiger partial charge in [0, 0.05) is 33.1 Å². The van der Waals surface area contributed by atoms with Gasteiger partial charge in [0.2, 0.25) is 21.8 Å². The predicted molar refractivity (Wildman–Crippen MR) is 93.2 cm³/mol. The molecule has 0 saturated carbocycles. The number of carbonyl (C=O) groups is 2. The number of primary sulfonamides is 1. The summed E-state index contributed by atoms with van der Waals surface area (Å²) < 4.78 is 22.4. The summed E-state index contributed by atoms with van der Waals surface area (Å²) in [6.45, 7) is 4.68. The number of rotatable bonds is 6. The van der Waals surface area contributed by atoms with E-state index >= 15 is 0 Å². The van der Waals surface area contributed by atoms with Crippen molar-refractivity contribution in [3.63, 3.8) is 0 Å². The molecular weight excluding hydrogens is 344 g/mol. The van der Waals surface area contributed by atoms with Gasteiger partial charge in [-0.1, -0.05) is 12.1 Å². The van der Waals surface area contributed by atoms with E-state index in [9.17, 15) is 18.0 Å². The summed E-state index contributed by atoms with van der Waals surface area (Å²) in [6.07, 6.45) is 0.677. The van der Waals surface area contributed by atoms with Gasteiger partial charge < -0.3 is 15.1 Å². The number of nitrogens with two attached hydrogens (primary N) is 1. The highest BCUT2D eigenvalue weighted by molar-refractivity contribution is 7.89. The van der Waals surface area contributed by atoms with E-state index in [4.69, 9.17) is 5.14 Å². The maximum Gasteiger partial charge on any atom is 0.238 e. The van der Waals surface area contributed by atoms with Crippen molar-refractivity contribution in [1.82, 2.24) is 15.1 Å². The van der Waals surface area contributed by atoms with Gasteiger partial charge in [-0.05, 0) is 30.7 Å². The maximum absolute atomic E-state index is 12.1. The molecule has 1 fully saturated rings. The zero-order chi connectivity index (χ0) is 18.4. The Balaban J connectivity index is 1.69. The zero-order valence-electron chi connectivity index (χ0n) is 14.3. The predicted octanol–water partition coefficient (Wildman–Crippen LogP) is -0.843. The molecule has 0 bridgehead atoms. The Bertz CT molecular complexity index is 710. The monoisotopic (exact) mass is 368 g/mol. The topological polar surface area (TPSA) is 113 Å². The lowest BCUT2D eigenvalue weighted by atomic mass is 10.1. The fraction of sp³-hybridized carbons (Fsp3) is 0.500. The smallest absolute Gasteiger partial charge is 0.238 e. The summed E-state index contributed by atoms with van der Waals surface area (Å²) in [5.74, 6) is 0.0615. The quantitative estimate of drug-likeness (QED) is 0.636. The summed E-state index contributed by atoms with van der Waals surface area (Å²) in [7, 11) is -3.67. The van der Waals surface area contributed by atoms with Crippen LogP contribution in [-0.2, 0) is 26.0 Å². The van der Waals surface area contributed by atoms with Crippen molar-refractivity contribution in [2.45, 2.75) is 18.2 Å². The minimum absolute atomic E-state index is 0.0211. The first kappa shape index (κ1) is 19.4. The first-order valence-electron chi connectivity index (χ1n) is 8.13. The third-order valence-electron chi connectivity index (χ3n) is 4.20. The van der Waals surface area contributed by atoms with Crippen molar-refractivity contribution in [3.05, 3.63) is 29.8 Å². The molecule has 2 rings (SSSR count). The van der Waals surface area contributed by atoms with Gasteiger partial charge in [-0.2, -0.15) is 0 Å². The van der Waals surface area contributed by atoms with Crippen LogP contribution in [0.15, 0.2) is 29.2 Å². The number of carbonyl (C=O) groups excluding carboxylic acids is 2. The van der Waals surface area contributed by atoms with Gasteiger partial charge in [0.25, 0.3) is 0 Å². The third kappa shape index (κ3) is 5.80. The number of piperazine rings is 1. The number of hydrogen-bond acceptors (Lipinski definition) is 5. The van der Waals surface area contributed by atoms with Crippen LogP contribution in [0, 0.1) is 0 Å². The normalized spacial score (nSPS) is 15.3. The highest BCUT2D eigenvalue weighted by atomic mass is 32.2. The molecular formula is C16H24N4O4S. The van der Waals surface area contributed by atoms with Gasteiger partial charge in [0.1, 0.15) is 0 Å². The number of nitrogens with zero attached hydrogens (tertiary/aromatic N) is 2. The van der Waals surface area contributed by atoms with E-state index in [1.807, 2.05) is 0 Å². The van der Waals surface area contributed by atoms with Crippen molar-refractivity contribution >= 4 is 21.8 Å². The largest absolute Gasteiger partial charge is 0.339 e. The molecule has 1 aromatic carbocycles. The number of amides is 2. The van der Waals surface area contributed by atoms with Crippen LogP contribution in [0.3, 0.4) is 0 Å².